The molecule has 3 rings (SSSR count). The average Bonchev–Trinajstić information content (AvgIpc) is 3.31. The van der Waals surface area contributed by atoms with Crippen LogP contribution in [0.5, 0.6) is 0 Å². The van der Waals surface area contributed by atoms with Crippen molar-refractivity contribution in [3.05, 3.63) is 29.3 Å². The molecule has 1 saturated carbocycles. The van der Waals surface area contributed by atoms with Crippen molar-refractivity contribution >= 4 is 23.4 Å². The maximum atomic E-state index is 12.4. The summed E-state index contributed by atoms with van der Waals surface area (Å²) in [6, 6.07) is 5.88. The van der Waals surface area contributed by atoms with Crippen LogP contribution in [0.2, 0.25) is 0 Å². The second-order valence-electron chi connectivity index (χ2n) is 7.69. The van der Waals surface area contributed by atoms with Gasteiger partial charge in [0.05, 0.1) is 5.92 Å². The van der Waals surface area contributed by atoms with E-state index < -0.39 is 0 Å². The summed E-state index contributed by atoms with van der Waals surface area (Å²) in [4.78, 5) is 38.5. The highest BCUT2D eigenvalue weighted by Crippen LogP contribution is 2.29. The molecule has 2 N–H and O–H groups in total. The number of aryl methyl sites for hydroxylation is 1. The Balaban J connectivity index is 1.46. The topological polar surface area (TPSA) is 78.5 Å². The number of hydrogen-bond acceptors (Lipinski definition) is 3. The van der Waals surface area contributed by atoms with E-state index >= 15 is 0 Å². The lowest BCUT2D eigenvalue weighted by Gasteiger charge is -2.20. The predicted octanol–water partition coefficient (Wildman–Crippen LogP) is 2.08. The van der Waals surface area contributed by atoms with Crippen LogP contribution in [0, 0.1) is 25.7 Å². The Morgan fingerprint density at radius 2 is 1.67 bits per heavy atom. The summed E-state index contributed by atoms with van der Waals surface area (Å²) >= 11 is 0. The Morgan fingerprint density at radius 1 is 1.04 bits per heavy atom. The average molecular weight is 371 g/mol. The van der Waals surface area contributed by atoms with E-state index in [1.807, 2.05) is 32.0 Å². The Hall–Kier alpha value is -2.37. The number of nitrogens with one attached hydrogen (secondary N) is 2. The van der Waals surface area contributed by atoms with Crippen molar-refractivity contribution in [2.24, 2.45) is 11.8 Å². The first-order valence-electron chi connectivity index (χ1n) is 9.89. The maximum Gasteiger partial charge on any atom is 0.227 e. The Bertz CT molecular complexity index is 725. The molecule has 6 heteroatoms. The molecule has 1 aromatic carbocycles. The molecular formula is C21H29N3O3. The highest BCUT2D eigenvalue weighted by molar-refractivity contribution is 6.00. The normalized spacial score (nSPS) is 20.1. The molecule has 27 heavy (non-hydrogen) atoms. The number of carbonyl (C=O) groups excluding carboxylic acids is 3. The van der Waals surface area contributed by atoms with Crippen molar-refractivity contribution in [3.8, 4) is 0 Å². The van der Waals surface area contributed by atoms with E-state index in [1.54, 1.807) is 4.90 Å². The first kappa shape index (κ1) is 19.4. The minimum atomic E-state index is -0.344. The summed E-state index contributed by atoms with van der Waals surface area (Å²) in [6.45, 7) is 5.25. The van der Waals surface area contributed by atoms with Crippen molar-refractivity contribution in [3.63, 3.8) is 0 Å². The lowest BCUT2D eigenvalue weighted by atomic mass is 10.1. The van der Waals surface area contributed by atoms with Crippen LogP contribution in [0.1, 0.15) is 43.2 Å². The molecule has 146 valence electrons. The van der Waals surface area contributed by atoms with Crippen molar-refractivity contribution in [2.45, 2.75) is 46.0 Å². The Labute approximate surface area is 160 Å². The van der Waals surface area contributed by atoms with Crippen molar-refractivity contribution < 1.29 is 14.4 Å². The summed E-state index contributed by atoms with van der Waals surface area (Å²) in [5.41, 5.74) is 3.09. The summed E-state index contributed by atoms with van der Waals surface area (Å²) in [5, 5.41) is 5.75. The molecule has 1 saturated heterocycles. The quantitative estimate of drug-likeness (QED) is 0.752. The van der Waals surface area contributed by atoms with E-state index in [2.05, 4.69) is 10.6 Å². The van der Waals surface area contributed by atoms with Crippen molar-refractivity contribution in [2.75, 3.05) is 24.5 Å². The molecule has 1 aliphatic heterocycles. The fraction of sp³-hybridized carbons (Fsp3) is 0.571. The van der Waals surface area contributed by atoms with Gasteiger partial charge < -0.3 is 15.5 Å². The van der Waals surface area contributed by atoms with E-state index in [0.717, 1.165) is 42.5 Å². The number of amides is 3. The third-order valence-electron chi connectivity index (χ3n) is 5.81. The molecule has 0 radical (unpaired) electrons. The zero-order valence-corrected chi connectivity index (χ0v) is 16.2. The van der Waals surface area contributed by atoms with Gasteiger partial charge in [-0.25, -0.2) is 0 Å². The predicted molar refractivity (Wildman–Crippen MR) is 104 cm³/mol. The molecule has 1 heterocycles. The van der Waals surface area contributed by atoms with E-state index in [1.165, 1.54) is 0 Å². The van der Waals surface area contributed by atoms with E-state index in [9.17, 15) is 14.4 Å². The van der Waals surface area contributed by atoms with Gasteiger partial charge in [-0.2, -0.15) is 0 Å². The smallest absolute Gasteiger partial charge is 0.227 e. The van der Waals surface area contributed by atoms with Gasteiger partial charge in [0.15, 0.2) is 0 Å². The summed E-state index contributed by atoms with van der Waals surface area (Å²) < 4.78 is 0. The van der Waals surface area contributed by atoms with Crippen LogP contribution in [-0.2, 0) is 14.4 Å². The zero-order valence-electron chi connectivity index (χ0n) is 16.2. The molecule has 2 aliphatic rings. The molecule has 6 nitrogen and oxygen atoms in total. The highest BCUT2D eigenvalue weighted by Gasteiger charge is 2.35. The van der Waals surface area contributed by atoms with E-state index in [4.69, 9.17) is 0 Å². The summed E-state index contributed by atoms with van der Waals surface area (Å²) in [5.74, 6) is -0.245. The largest absolute Gasteiger partial charge is 0.354 e. The minimum absolute atomic E-state index is 0.0154. The lowest BCUT2D eigenvalue weighted by molar-refractivity contribution is -0.127. The number of benzene rings is 1. The Kier molecular flexibility index (Phi) is 6.14. The molecule has 0 aromatic heterocycles. The second kappa shape index (κ2) is 8.55. The third-order valence-corrected chi connectivity index (χ3v) is 5.81. The molecular weight excluding hydrogens is 342 g/mol. The van der Waals surface area contributed by atoms with E-state index in [-0.39, 0.29) is 36.0 Å². The third kappa shape index (κ3) is 4.49. The number of nitrogens with zero attached hydrogens (tertiary/aromatic N) is 1. The number of carbonyl (C=O) groups is 3. The first-order chi connectivity index (χ1) is 13.0. The van der Waals surface area contributed by atoms with Crippen LogP contribution >= 0.6 is 0 Å². The van der Waals surface area contributed by atoms with E-state index in [0.29, 0.717) is 19.6 Å². The number of hydrogen-bond donors (Lipinski definition) is 2. The molecule has 2 fully saturated rings. The molecule has 1 aliphatic carbocycles. The number of rotatable bonds is 6. The molecule has 1 unspecified atom stereocenters. The molecule has 1 aromatic rings. The number of anilines is 1. The molecule has 0 bridgehead atoms. The van der Waals surface area contributed by atoms with Crippen LogP contribution < -0.4 is 15.5 Å². The van der Waals surface area contributed by atoms with Crippen LogP contribution in [0.3, 0.4) is 0 Å². The fourth-order valence-electron chi connectivity index (χ4n) is 3.99. The molecule has 3 amide bonds. The fourth-order valence-corrected chi connectivity index (χ4v) is 3.99. The lowest BCUT2D eigenvalue weighted by Crippen LogP contribution is -2.39. The van der Waals surface area contributed by atoms with Crippen molar-refractivity contribution in [1.29, 1.82) is 0 Å². The van der Waals surface area contributed by atoms with Gasteiger partial charge in [0.2, 0.25) is 17.7 Å². The molecule has 1 atom stereocenters. The Morgan fingerprint density at radius 3 is 2.33 bits per heavy atom. The van der Waals surface area contributed by atoms with Gasteiger partial charge in [-0.15, -0.1) is 0 Å². The van der Waals surface area contributed by atoms with Crippen LogP contribution in [0.15, 0.2) is 18.2 Å². The maximum absolute atomic E-state index is 12.4. The highest BCUT2D eigenvalue weighted by atomic mass is 16.2. The summed E-state index contributed by atoms with van der Waals surface area (Å²) in [6.07, 6.45) is 4.42. The first-order valence-corrected chi connectivity index (χ1v) is 9.89. The van der Waals surface area contributed by atoms with Gasteiger partial charge in [-0.05, 0) is 43.9 Å². The van der Waals surface area contributed by atoms with Crippen LogP contribution in [-0.4, -0.2) is 37.4 Å². The molecule has 0 spiro atoms. The standard InChI is InChI=1S/C21H29N3O3/c1-14-6-5-9-18(15(14)2)24-13-17(12-19(24)25)21(27)23-11-10-22-20(26)16-7-3-4-8-16/h5-6,9,16-17H,3-4,7-8,10-13H2,1-2H3,(H,22,26)(H,23,27). The monoisotopic (exact) mass is 371 g/mol. The zero-order chi connectivity index (χ0) is 19.4. The van der Waals surface area contributed by atoms with Gasteiger partial charge in [0.25, 0.3) is 0 Å². The van der Waals surface area contributed by atoms with Crippen molar-refractivity contribution in [1.82, 2.24) is 10.6 Å². The minimum Gasteiger partial charge on any atom is -0.354 e. The SMILES string of the molecule is Cc1cccc(N2CC(C(=O)NCCNC(=O)C3CCCC3)CC2=O)c1C. The van der Waals surface area contributed by atoms with Gasteiger partial charge in [-0.1, -0.05) is 25.0 Å². The second-order valence-corrected chi connectivity index (χ2v) is 7.69. The van der Waals surface area contributed by atoms with Gasteiger partial charge >= 0.3 is 0 Å². The van der Waals surface area contributed by atoms with Crippen LogP contribution in [0.4, 0.5) is 5.69 Å². The van der Waals surface area contributed by atoms with Gasteiger partial charge in [0, 0.05) is 37.7 Å². The van der Waals surface area contributed by atoms with Gasteiger partial charge in [0.1, 0.15) is 0 Å². The van der Waals surface area contributed by atoms with Gasteiger partial charge in [-0.3, -0.25) is 14.4 Å². The van der Waals surface area contributed by atoms with Crippen LogP contribution in [0.25, 0.3) is 0 Å². The summed E-state index contributed by atoms with van der Waals surface area (Å²) in [7, 11) is 0.